The Bertz CT molecular complexity index is 1740. The number of hydrogen-bond acceptors (Lipinski definition) is 9. The first-order valence-electron chi connectivity index (χ1n) is 13.5. The van der Waals surface area contributed by atoms with E-state index in [1.165, 1.54) is 23.7 Å². The molecule has 0 aliphatic carbocycles. The van der Waals surface area contributed by atoms with Crippen molar-refractivity contribution >= 4 is 26.6 Å². The van der Waals surface area contributed by atoms with Crippen molar-refractivity contribution in [1.29, 1.82) is 5.26 Å². The molecule has 0 saturated carbocycles. The first kappa shape index (κ1) is 29.9. The van der Waals surface area contributed by atoms with Crippen molar-refractivity contribution in [2.75, 3.05) is 43.6 Å². The van der Waals surface area contributed by atoms with E-state index >= 15 is 4.39 Å². The smallest absolute Gasteiger partial charge is 0.298 e. The predicted molar refractivity (Wildman–Crippen MR) is 150 cm³/mol. The molecule has 1 aromatic carbocycles. The zero-order chi connectivity index (χ0) is 30.4. The summed E-state index contributed by atoms with van der Waals surface area (Å²) in [6.45, 7) is 1.47. The lowest BCUT2D eigenvalue weighted by atomic mass is 9.79. The molecule has 2 aliphatic heterocycles. The van der Waals surface area contributed by atoms with E-state index in [9.17, 15) is 27.3 Å². The minimum Gasteiger partial charge on any atom is -0.369 e. The Kier molecular flexibility index (Phi) is 7.80. The minimum absolute atomic E-state index is 0.0213. The number of nitrogens with one attached hydrogen (secondary N) is 1. The summed E-state index contributed by atoms with van der Waals surface area (Å²) in [6, 6.07) is 7.55. The van der Waals surface area contributed by atoms with Gasteiger partial charge in [-0.3, -0.25) is 4.79 Å². The van der Waals surface area contributed by atoms with Gasteiger partial charge in [0, 0.05) is 37.9 Å². The zero-order valence-corrected chi connectivity index (χ0v) is 24.3. The van der Waals surface area contributed by atoms with Gasteiger partial charge < -0.3 is 19.5 Å². The number of halogens is 3. The van der Waals surface area contributed by atoms with Gasteiger partial charge in [0.2, 0.25) is 0 Å². The van der Waals surface area contributed by atoms with Gasteiger partial charge in [0.05, 0.1) is 40.0 Å². The summed E-state index contributed by atoms with van der Waals surface area (Å²) >= 11 is 0. The van der Waals surface area contributed by atoms with Crippen LogP contribution in [0.5, 0.6) is 0 Å². The Balaban J connectivity index is 1.46. The second-order valence-electron chi connectivity index (χ2n) is 11.1. The van der Waals surface area contributed by atoms with Crippen LogP contribution in [0.25, 0.3) is 10.9 Å². The standard InChI is InChI=1S/C28H31F3N6O4S/c1-17-34-24-20(11-22(37(3)26(24)38)27(15-32)7-9-42(39,40)10-8-27)25(35-17)33-12-18-5-4-6-21(23(18)29)28(30,31)16-41-19-13-36(2)14-19/h4-6,11,19H,7-10,12-14,16H2,1-3H3,(H,33,34,35). The first-order chi connectivity index (χ1) is 19.7. The van der Waals surface area contributed by atoms with E-state index in [-0.39, 0.29) is 65.1 Å². The van der Waals surface area contributed by atoms with Crippen LogP contribution in [0.4, 0.5) is 19.0 Å². The van der Waals surface area contributed by atoms with Gasteiger partial charge in [-0.25, -0.2) is 22.8 Å². The van der Waals surface area contributed by atoms with Gasteiger partial charge in [0.15, 0.2) is 0 Å². The van der Waals surface area contributed by atoms with Gasteiger partial charge in [-0.1, -0.05) is 12.1 Å². The number of sulfone groups is 1. The van der Waals surface area contributed by atoms with Crippen LogP contribution in [0.2, 0.25) is 0 Å². The summed E-state index contributed by atoms with van der Waals surface area (Å²) < 4.78 is 76.0. The lowest BCUT2D eigenvalue weighted by molar-refractivity contribution is -0.134. The fraction of sp³-hybridized carbons (Fsp3) is 0.500. The summed E-state index contributed by atoms with van der Waals surface area (Å²) in [7, 11) is 0.0528. The van der Waals surface area contributed by atoms with Crippen LogP contribution in [-0.4, -0.2) is 72.2 Å². The molecule has 0 bridgehead atoms. The second kappa shape index (κ2) is 10.9. The van der Waals surface area contributed by atoms with Crippen LogP contribution in [-0.2, 0) is 39.5 Å². The molecule has 42 heavy (non-hydrogen) atoms. The van der Waals surface area contributed by atoms with Crippen molar-refractivity contribution in [2.24, 2.45) is 7.05 Å². The highest BCUT2D eigenvalue weighted by atomic mass is 32.2. The molecular formula is C28H31F3N6O4S. The largest absolute Gasteiger partial charge is 0.369 e. The SMILES string of the molecule is Cc1nc(NCc2cccc(C(F)(F)COC3CN(C)C3)c2F)c2cc(C3(C#N)CCS(=O)(=O)CC3)n(C)c(=O)c2n1. The van der Waals surface area contributed by atoms with E-state index in [4.69, 9.17) is 4.74 Å². The maximum absolute atomic E-state index is 15.4. The third-order valence-corrected chi connectivity index (χ3v) is 9.69. The molecule has 14 heteroatoms. The molecule has 0 radical (unpaired) electrons. The number of hydrogen-bond donors (Lipinski definition) is 1. The minimum atomic E-state index is -3.55. The molecule has 224 valence electrons. The molecule has 1 N–H and O–H groups in total. The molecular weight excluding hydrogens is 573 g/mol. The number of benzene rings is 1. The quantitative estimate of drug-likeness (QED) is 0.413. The van der Waals surface area contributed by atoms with Gasteiger partial charge in [-0.15, -0.1) is 0 Å². The third-order valence-electron chi connectivity index (χ3n) is 8.04. The lowest BCUT2D eigenvalue weighted by Crippen LogP contribution is -2.50. The average molecular weight is 605 g/mol. The van der Waals surface area contributed by atoms with Crippen LogP contribution >= 0.6 is 0 Å². The number of nitriles is 1. The molecule has 2 aliphatic rings. The highest BCUT2D eigenvalue weighted by Gasteiger charge is 2.42. The maximum atomic E-state index is 15.4. The summed E-state index contributed by atoms with van der Waals surface area (Å²) in [5.74, 6) is -4.61. The van der Waals surface area contributed by atoms with Gasteiger partial charge in [0.25, 0.3) is 11.5 Å². The van der Waals surface area contributed by atoms with Gasteiger partial charge in [-0.05, 0) is 38.9 Å². The zero-order valence-electron chi connectivity index (χ0n) is 23.5. The molecule has 0 unspecified atom stereocenters. The van der Waals surface area contributed by atoms with Crippen LogP contribution in [0.3, 0.4) is 0 Å². The van der Waals surface area contributed by atoms with E-state index in [0.29, 0.717) is 18.8 Å². The third kappa shape index (κ3) is 5.60. The number of pyridine rings is 1. The molecule has 2 saturated heterocycles. The topological polar surface area (TPSA) is 130 Å². The van der Waals surface area contributed by atoms with E-state index in [1.54, 1.807) is 13.0 Å². The van der Waals surface area contributed by atoms with E-state index < -0.39 is 44.7 Å². The fourth-order valence-corrected chi connectivity index (χ4v) is 7.04. The average Bonchev–Trinajstić information content (AvgIpc) is 2.92. The number of aryl methyl sites for hydroxylation is 1. The normalized spacial score (nSPS) is 18.9. The number of aromatic nitrogens is 3. The monoisotopic (exact) mass is 604 g/mol. The van der Waals surface area contributed by atoms with Gasteiger partial charge >= 0.3 is 0 Å². The Labute approximate surface area is 241 Å². The Morgan fingerprint density at radius 2 is 1.90 bits per heavy atom. The van der Waals surface area contributed by atoms with E-state index in [0.717, 1.165) is 6.07 Å². The van der Waals surface area contributed by atoms with Crippen LogP contribution in [0.1, 0.15) is 35.5 Å². The van der Waals surface area contributed by atoms with Crippen molar-refractivity contribution in [2.45, 2.75) is 43.8 Å². The number of fused-ring (bicyclic) bond motifs is 1. The molecule has 2 aromatic heterocycles. The molecule has 0 amide bonds. The van der Waals surface area contributed by atoms with Crippen molar-refractivity contribution in [3.8, 4) is 6.07 Å². The van der Waals surface area contributed by atoms with Crippen molar-refractivity contribution in [3.05, 3.63) is 63.1 Å². The summed E-state index contributed by atoms with van der Waals surface area (Å²) in [6.07, 6.45) is -0.278. The molecule has 3 aromatic rings. The number of ether oxygens (including phenoxy) is 1. The molecule has 4 heterocycles. The Morgan fingerprint density at radius 3 is 2.55 bits per heavy atom. The highest BCUT2D eigenvalue weighted by Crippen LogP contribution is 2.37. The van der Waals surface area contributed by atoms with Crippen LogP contribution < -0.4 is 10.9 Å². The Hall–Kier alpha value is -3.54. The van der Waals surface area contributed by atoms with Crippen LogP contribution in [0.15, 0.2) is 29.1 Å². The lowest BCUT2D eigenvalue weighted by Gasteiger charge is -2.36. The summed E-state index contributed by atoms with van der Waals surface area (Å²) in [5, 5.41) is 13.3. The fourth-order valence-electron chi connectivity index (χ4n) is 5.51. The summed E-state index contributed by atoms with van der Waals surface area (Å²) in [4.78, 5) is 23.9. The summed E-state index contributed by atoms with van der Waals surface area (Å²) in [5.41, 5.74) is -2.19. The molecule has 0 spiro atoms. The number of nitrogens with zero attached hydrogens (tertiary/aromatic N) is 5. The van der Waals surface area contributed by atoms with Gasteiger partial charge in [0.1, 0.15) is 39.4 Å². The van der Waals surface area contributed by atoms with E-state index in [2.05, 4.69) is 21.4 Å². The molecule has 2 fully saturated rings. The number of likely N-dealkylation sites (N-methyl/N-ethyl adjacent to an activating group) is 1. The van der Waals surface area contributed by atoms with Crippen LogP contribution in [0, 0.1) is 24.1 Å². The van der Waals surface area contributed by atoms with E-state index in [1.807, 2.05) is 11.9 Å². The van der Waals surface area contributed by atoms with Gasteiger partial charge in [-0.2, -0.15) is 14.0 Å². The van der Waals surface area contributed by atoms with Crippen molar-refractivity contribution < 1.29 is 26.3 Å². The predicted octanol–water partition coefficient (Wildman–Crippen LogP) is 2.78. The molecule has 0 atom stereocenters. The number of alkyl halides is 2. The number of likely N-dealkylation sites (tertiary alicyclic amines) is 1. The maximum Gasteiger partial charge on any atom is 0.298 e. The molecule has 10 nitrogen and oxygen atoms in total. The first-order valence-corrected chi connectivity index (χ1v) is 15.3. The molecule has 5 rings (SSSR count). The van der Waals surface area contributed by atoms with Crippen molar-refractivity contribution in [3.63, 3.8) is 0 Å². The number of rotatable bonds is 8. The number of anilines is 1. The van der Waals surface area contributed by atoms with Crippen molar-refractivity contribution in [1.82, 2.24) is 19.4 Å². The second-order valence-corrected chi connectivity index (χ2v) is 13.4. The Morgan fingerprint density at radius 1 is 1.21 bits per heavy atom. The highest BCUT2D eigenvalue weighted by molar-refractivity contribution is 7.91.